The first-order chi connectivity index (χ1) is 18.0. The molecule has 1 heterocycles. The topological polar surface area (TPSA) is 86.8 Å². The summed E-state index contributed by atoms with van der Waals surface area (Å²) in [5, 5.41) is 2.57. The second kappa shape index (κ2) is 12.4. The number of pyridine rings is 1. The molecule has 1 N–H and O–H groups in total. The van der Waals surface area contributed by atoms with Gasteiger partial charge in [-0.05, 0) is 49.2 Å². The van der Waals surface area contributed by atoms with Gasteiger partial charge in [-0.2, -0.15) is 0 Å². The largest absolute Gasteiger partial charge is 0.486 e. The fourth-order valence-corrected chi connectivity index (χ4v) is 3.74. The van der Waals surface area contributed by atoms with Crippen molar-refractivity contribution in [3.05, 3.63) is 108 Å². The number of aromatic nitrogens is 1. The summed E-state index contributed by atoms with van der Waals surface area (Å²) < 4.78 is 17.0. The van der Waals surface area contributed by atoms with Crippen molar-refractivity contribution in [2.24, 2.45) is 0 Å². The van der Waals surface area contributed by atoms with Gasteiger partial charge < -0.3 is 19.5 Å². The van der Waals surface area contributed by atoms with Crippen LogP contribution in [0.5, 0.6) is 17.2 Å². The van der Waals surface area contributed by atoms with Crippen LogP contribution in [0.3, 0.4) is 0 Å². The number of nitrogens with one attached hydrogen (secondary N) is 1. The predicted molar refractivity (Wildman–Crippen MR) is 141 cm³/mol. The van der Waals surface area contributed by atoms with E-state index in [1.54, 1.807) is 13.1 Å². The molecule has 0 bridgehead atoms. The average Bonchev–Trinajstić information content (AvgIpc) is 2.92. The van der Waals surface area contributed by atoms with Gasteiger partial charge in [0.05, 0.1) is 6.61 Å². The molecule has 7 heteroatoms. The first kappa shape index (κ1) is 25.4. The van der Waals surface area contributed by atoms with Gasteiger partial charge in [-0.15, -0.1) is 0 Å². The van der Waals surface area contributed by atoms with Gasteiger partial charge in [0.15, 0.2) is 11.4 Å². The van der Waals surface area contributed by atoms with E-state index in [9.17, 15) is 9.59 Å². The quantitative estimate of drug-likeness (QED) is 0.283. The molecular weight excluding hydrogens is 468 g/mol. The second-order valence-corrected chi connectivity index (χ2v) is 8.18. The molecule has 3 aromatic carbocycles. The van der Waals surface area contributed by atoms with Gasteiger partial charge in [0, 0.05) is 17.3 Å². The van der Waals surface area contributed by atoms with Crippen LogP contribution in [0.1, 0.15) is 28.5 Å². The average molecular weight is 497 g/mol. The maximum Gasteiger partial charge on any atom is 0.325 e. The number of para-hydroxylation sites is 1. The van der Waals surface area contributed by atoms with Crippen LogP contribution in [-0.2, 0) is 16.1 Å². The smallest absolute Gasteiger partial charge is 0.325 e. The van der Waals surface area contributed by atoms with Crippen LogP contribution < -0.4 is 14.8 Å². The fraction of sp³-hybridized carbons (Fsp3) is 0.167. The number of hydrogen-bond acceptors (Lipinski definition) is 6. The molecule has 0 aliphatic heterocycles. The maximum absolute atomic E-state index is 13.0. The van der Waals surface area contributed by atoms with Crippen molar-refractivity contribution in [2.45, 2.75) is 20.5 Å². The summed E-state index contributed by atoms with van der Waals surface area (Å²) in [5.74, 6) is 0.705. The molecule has 0 aliphatic carbocycles. The van der Waals surface area contributed by atoms with Gasteiger partial charge in [0.2, 0.25) is 0 Å². The molecule has 1 amide bonds. The van der Waals surface area contributed by atoms with Crippen LogP contribution in [0, 0.1) is 6.92 Å². The van der Waals surface area contributed by atoms with Crippen LogP contribution in [0.4, 0.5) is 0 Å². The Morgan fingerprint density at radius 3 is 2.32 bits per heavy atom. The van der Waals surface area contributed by atoms with E-state index in [0.717, 1.165) is 28.0 Å². The zero-order valence-electron chi connectivity index (χ0n) is 20.8. The molecule has 188 valence electrons. The highest BCUT2D eigenvalue weighted by Gasteiger charge is 2.21. The molecule has 0 fully saturated rings. The van der Waals surface area contributed by atoms with Crippen molar-refractivity contribution in [1.29, 1.82) is 0 Å². The molecule has 0 saturated carbocycles. The van der Waals surface area contributed by atoms with Gasteiger partial charge in [-0.3, -0.25) is 9.59 Å². The van der Waals surface area contributed by atoms with E-state index in [0.29, 0.717) is 11.5 Å². The summed E-state index contributed by atoms with van der Waals surface area (Å²) in [6.45, 7) is 3.82. The third-order valence-corrected chi connectivity index (χ3v) is 5.55. The van der Waals surface area contributed by atoms with E-state index in [2.05, 4.69) is 10.3 Å². The second-order valence-electron chi connectivity index (χ2n) is 8.18. The lowest BCUT2D eigenvalue weighted by Gasteiger charge is -2.17. The van der Waals surface area contributed by atoms with Crippen LogP contribution in [-0.4, -0.2) is 30.0 Å². The maximum atomic E-state index is 13.0. The Morgan fingerprint density at radius 2 is 1.59 bits per heavy atom. The molecule has 0 atom stereocenters. The minimum Gasteiger partial charge on any atom is -0.486 e. The summed E-state index contributed by atoms with van der Waals surface area (Å²) in [6.07, 6.45) is 1.63. The van der Waals surface area contributed by atoms with Crippen molar-refractivity contribution in [3.8, 4) is 28.4 Å². The van der Waals surface area contributed by atoms with E-state index < -0.39 is 11.9 Å². The Labute approximate surface area is 216 Å². The highest BCUT2D eigenvalue weighted by atomic mass is 16.5. The summed E-state index contributed by atoms with van der Waals surface area (Å²) >= 11 is 0. The zero-order chi connectivity index (χ0) is 26.0. The van der Waals surface area contributed by atoms with E-state index in [4.69, 9.17) is 14.2 Å². The number of amides is 1. The van der Waals surface area contributed by atoms with Gasteiger partial charge >= 0.3 is 5.97 Å². The van der Waals surface area contributed by atoms with E-state index >= 15 is 0 Å². The van der Waals surface area contributed by atoms with Crippen LogP contribution in [0.15, 0.2) is 91.1 Å². The van der Waals surface area contributed by atoms with Gasteiger partial charge in [-0.1, -0.05) is 60.7 Å². The summed E-state index contributed by atoms with van der Waals surface area (Å²) in [6, 6.07) is 26.8. The van der Waals surface area contributed by atoms with Crippen molar-refractivity contribution in [2.75, 3.05) is 13.2 Å². The Hall–Kier alpha value is -4.65. The van der Waals surface area contributed by atoms with Crippen molar-refractivity contribution in [1.82, 2.24) is 10.3 Å². The first-order valence-corrected chi connectivity index (χ1v) is 12.0. The Kier molecular flexibility index (Phi) is 8.49. The van der Waals surface area contributed by atoms with E-state index in [1.165, 1.54) is 0 Å². The Bertz CT molecular complexity index is 1360. The van der Waals surface area contributed by atoms with Gasteiger partial charge in [-0.25, -0.2) is 4.98 Å². The number of nitrogens with zero attached hydrogens (tertiary/aromatic N) is 1. The SMILES string of the molecule is CCOC(=O)CNC(=O)c1ncc(-c2cccc(Oc3ccccc3)c2)c(C)c1OCc1ccccc1. The molecular formula is C30H28N2O5. The molecule has 7 nitrogen and oxygen atoms in total. The van der Waals surface area contributed by atoms with Gasteiger partial charge in [0.25, 0.3) is 5.91 Å². The lowest BCUT2D eigenvalue weighted by Crippen LogP contribution is -2.31. The standard InChI is InChI=1S/C30H28N2O5/c1-3-35-27(33)19-32-30(34)28-29(36-20-22-11-6-4-7-12-22)21(2)26(18-31-28)23-13-10-16-25(17-23)37-24-14-8-5-9-15-24/h4-18H,3,19-20H2,1-2H3,(H,32,34). The summed E-state index contributed by atoms with van der Waals surface area (Å²) in [7, 11) is 0. The third kappa shape index (κ3) is 6.73. The number of rotatable bonds is 10. The Morgan fingerprint density at radius 1 is 0.892 bits per heavy atom. The van der Waals surface area contributed by atoms with Crippen molar-refractivity contribution < 1.29 is 23.8 Å². The highest BCUT2D eigenvalue weighted by molar-refractivity contribution is 5.97. The van der Waals surface area contributed by atoms with Crippen LogP contribution in [0.25, 0.3) is 11.1 Å². The van der Waals surface area contributed by atoms with Crippen LogP contribution in [0.2, 0.25) is 0 Å². The zero-order valence-corrected chi connectivity index (χ0v) is 20.8. The predicted octanol–water partition coefficient (Wildman–Crippen LogP) is 5.72. The monoisotopic (exact) mass is 496 g/mol. The Balaban J connectivity index is 1.65. The van der Waals surface area contributed by atoms with Crippen molar-refractivity contribution in [3.63, 3.8) is 0 Å². The number of hydrogen-bond donors (Lipinski definition) is 1. The lowest BCUT2D eigenvalue weighted by molar-refractivity contribution is -0.141. The lowest BCUT2D eigenvalue weighted by atomic mass is 10.0. The number of ether oxygens (including phenoxy) is 3. The normalized spacial score (nSPS) is 10.4. The molecule has 4 aromatic rings. The minimum absolute atomic E-state index is 0.0955. The first-order valence-electron chi connectivity index (χ1n) is 12.0. The number of carbonyl (C=O) groups is 2. The third-order valence-electron chi connectivity index (χ3n) is 5.55. The molecule has 0 saturated heterocycles. The molecule has 1 aromatic heterocycles. The minimum atomic E-state index is -0.522. The van der Waals surface area contributed by atoms with Crippen molar-refractivity contribution >= 4 is 11.9 Å². The number of carbonyl (C=O) groups excluding carboxylic acids is 2. The molecule has 0 aliphatic rings. The highest BCUT2D eigenvalue weighted by Crippen LogP contribution is 2.34. The van der Waals surface area contributed by atoms with E-state index in [-0.39, 0.29) is 25.5 Å². The van der Waals surface area contributed by atoms with Gasteiger partial charge in [0.1, 0.15) is 24.7 Å². The molecule has 0 spiro atoms. The fourth-order valence-electron chi connectivity index (χ4n) is 3.74. The molecule has 0 radical (unpaired) electrons. The van der Waals surface area contributed by atoms with Crippen LogP contribution >= 0.6 is 0 Å². The summed E-state index contributed by atoms with van der Waals surface area (Å²) in [4.78, 5) is 29.1. The molecule has 37 heavy (non-hydrogen) atoms. The number of benzene rings is 3. The summed E-state index contributed by atoms with van der Waals surface area (Å²) in [5.41, 5.74) is 3.44. The molecule has 4 rings (SSSR count). The molecule has 0 unspecified atom stereocenters. The number of esters is 1. The van der Waals surface area contributed by atoms with E-state index in [1.807, 2.05) is 91.9 Å².